The van der Waals surface area contributed by atoms with Crippen molar-refractivity contribution in [3.8, 4) is 0 Å². The minimum Gasteiger partial charge on any atom is -0.394 e. The normalized spacial score (nSPS) is 10.9. The molecule has 0 atom stereocenters. The Morgan fingerprint density at radius 3 is 2.71 bits per heavy atom. The summed E-state index contributed by atoms with van der Waals surface area (Å²) >= 11 is 3.27. The number of aliphatic hydroxyl groups excluding tert-OH is 1. The van der Waals surface area contributed by atoms with Crippen LogP contribution in [0.3, 0.4) is 0 Å². The van der Waals surface area contributed by atoms with Gasteiger partial charge in [0.25, 0.3) is 5.56 Å². The van der Waals surface area contributed by atoms with Gasteiger partial charge in [-0.15, -0.1) is 0 Å². The van der Waals surface area contributed by atoms with Crippen LogP contribution >= 0.6 is 15.9 Å². The third kappa shape index (κ3) is 3.54. The number of hydrogen-bond donors (Lipinski definition) is 2. The first-order valence-corrected chi connectivity index (χ1v) is 6.56. The predicted octanol–water partition coefficient (Wildman–Crippen LogP) is 1.60. The van der Waals surface area contributed by atoms with Crippen molar-refractivity contribution in [1.29, 1.82) is 0 Å². The van der Waals surface area contributed by atoms with Crippen LogP contribution in [0.2, 0.25) is 0 Å². The Hall–Kier alpha value is -0.880. The smallest absolute Gasteiger partial charge is 0.283 e. The Bertz CT molecular complexity index is 416. The van der Waals surface area contributed by atoms with E-state index in [1.807, 2.05) is 0 Å². The molecule has 5 nitrogen and oxygen atoms in total. The second-order valence-electron chi connectivity index (χ2n) is 3.78. The van der Waals surface area contributed by atoms with Crippen LogP contribution < -0.4 is 10.9 Å². The van der Waals surface area contributed by atoms with E-state index in [0.29, 0.717) is 16.2 Å². The van der Waals surface area contributed by atoms with Gasteiger partial charge < -0.3 is 10.4 Å². The second kappa shape index (κ2) is 6.76. The number of rotatable bonds is 6. The molecule has 0 saturated heterocycles. The molecule has 1 heterocycles. The largest absolute Gasteiger partial charge is 0.394 e. The summed E-state index contributed by atoms with van der Waals surface area (Å²) in [6.45, 7) is 4.30. The maximum absolute atomic E-state index is 11.8. The summed E-state index contributed by atoms with van der Waals surface area (Å²) in [5, 5.41) is 16.1. The highest BCUT2D eigenvalue weighted by Crippen LogP contribution is 2.18. The first-order chi connectivity index (χ1) is 8.13. The summed E-state index contributed by atoms with van der Waals surface area (Å²) in [4.78, 5) is 11.8. The molecule has 0 bridgehead atoms. The maximum Gasteiger partial charge on any atom is 0.283 e. The van der Waals surface area contributed by atoms with E-state index in [4.69, 9.17) is 5.11 Å². The van der Waals surface area contributed by atoms with E-state index in [9.17, 15) is 4.79 Å². The van der Waals surface area contributed by atoms with Gasteiger partial charge in [-0.1, -0.05) is 13.8 Å². The summed E-state index contributed by atoms with van der Waals surface area (Å²) < 4.78 is 1.70. The first kappa shape index (κ1) is 14.2. The lowest BCUT2D eigenvalue weighted by molar-refractivity contribution is 0.266. The number of hydrogen-bond acceptors (Lipinski definition) is 4. The minimum atomic E-state index is -0.227. The van der Waals surface area contributed by atoms with E-state index in [1.54, 1.807) is 6.20 Å². The Kier molecular flexibility index (Phi) is 5.64. The number of nitrogens with one attached hydrogen (secondary N) is 1. The van der Waals surface area contributed by atoms with Crippen molar-refractivity contribution < 1.29 is 5.11 Å². The van der Waals surface area contributed by atoms with Gasteiger partial charge in [0.15, 0.2) is 0 Å². The molecule has 0 spiro atoms. The molecule has 17 heavy (non-hydrogen) atoms. The molecule has 1 rings (SSSR count). The van der Waals surface area contributed by atoms with Gasteiger partial charge in [-0.25, -0.2) is 4.68 Å². The van der Waals surface area contributed by atoms with Crippen LogP contribution in [0.4, 0.5) is 5.69 Å². The van der Waals surface area contributed by atoms with E-state index in [-0.39, 0.29) is 18.7 Å². The van der Waals surface area contributed by atoms with Gasteiger partial charge in [-0.3, -0.25) is 4.79 Å². The van der Waals surface area contributed by atoms with Crippen LogP contribution in [0.5, 0.6) is 0 Å². The Morgan fingerprint density at radius 2 is 2.18 bits per heavy atom. The summed E-state index contributed by atoms with van der Waals surface area (Å²) in [5.41, 5.74) is 0.480. The lowest BCUT2D eigenvalue weighted by atomic mass is 10.1. The summed E-state index contributed by atoms with van der Waals surface area (Å²) in [7, 11) is 0. The fourth-order valence-electron chi connectivity index (χ4n) is 1.53. The molecule has 1 aromatic heterocycles. The molecule has 0 aliphatic rings. The average Bonchev–Trinajstić information content (AvgIpc) is 2.34. The van der Waals surface area contributed by atoms with Gasteiger partial charge in [-0.2, -0.15) is 5.10 Å². The van der Waals surface area contributed by atoms with Crippen molar-refractivity contribution in [1.82, 2.24) is 9.78 Å². The number of aromatic nitrogens is 2. The fourth-order valence-corrected chi connectivity index (χ4v) is 1.95. The highest BCUT2D eigenvalue weighted by atomic mass is 79.9. The molecule has 0 aromatic carbocycles. The SMILES string of the molecule is CCC(CC)Nc1cnn(CCO)c(=O)c1Br. The van der Waals surface area contributed by atoms with E-state index in [2.05, 4.69) is 40.2 Å². The lowest BCUT2D eigenvalue weighted by Gasteiger charge is -2.17. The molecular formula is C11H18BrN3O2. The van der Waals surface area contributed by atoms with Crippen molar-refractivity contribution in [2.24, 2.45) is 0 Å². The molecule has 0 saturated carbocycles. The maximum atomic E-state index is 11.8. The van der Waals surface area contributed by atoms with Gasteiger partial charge in [0.05, 0.1) is 25.0 Å². The zero-order valence-electron chi connectivity index (χ0n) is 10.1. The zero-order chi connectivity index (χ0) is 12.8. The van der Waals surface area contributed by atoms with Gasteiger partial charge >= 0.3 is 0 Å². The van der Waals surface area contributed by atoms with Gasteiger partial charge in [0, 0.05) is 6.04 Å². The summed E-state index contributed by atoms with van der Waals surface area (Å²) in [5.74, 6) is 0. The monoisotopic (exact) mass is 303 g/mol. The van der Waals surface area contributed by atoms with E-state index in [0.717, 1.165) is 12.8 Å². The molecular weight excluding hydrogens is 286 g/mol. The Balaban J connectivity index is 2.96. The van der Waals surface area contributed by atoms with E-state index in [1.165, 1.54) is 4.68 Å². The molecule has 2 N–H and O–H groups in total. The Morgan fingerprint density at radius 1 is 1.53 bits per heavy atom. The third-order valence-corrected chi connectivity index (χ3v) is 3.41. The number of anilines is 1. The van der Waals surface area contributed by atoms with Gasteiger partial charge in [0.1, 0.15) is 4.47 Å². The minimum absolute atomic E-state index is 0.0985. The molecule has 0 unspecified atom stereocenters. The van der Waals surface area contributed by atoms with Crippen molar-refractivity contribution >= 4 is 21.6 Å². The molecule has 0 radical (unpaired) electrons. The van der Waals surface area contributed by atoms with Gasteiger partial charge in [0.2, 0.25) is 0 Å². The predicted molar refractivity (Wildman–Crippen MR) is 71.3 cm³/mol. The van der Waals surface area contributed by atoms with Crippen molar-refractivity contribution in [2.75, 3.05) is 11.9 Å². The Labute approximate surface area is 109 Å². The molecule has 96 valence electrons. The molecule has 0 aliphatic heterocycles. The highest BCUT2D eigenvalue weighted by molar-refractivity contribution is 9.10. The quantitative estimate of drug-likeness (QED) is 0.838. The average molecular weight is 304 g/mol. The summed E-state index contributed by atoms with van der Waals surface area (Å²) in [6.07, 6.45) is 3.59. The van der Waals surface area contributed by atoms with Crippen LogP contribution in [-0.2, 0) is 6.54 Å². The van der Waals surface area contributed by atoms with Gasteiger partial charge in [-0.05, 0) is 28.8 Å². The second-order valence-corrected chi connectivity index (χ2v) is 4.57. The van der Waals surface area contributed by atoms with Crippen LogP contribution in [-0.4, -0.2) is 27.5 Å². The number of nitrogens with zero attached hydrogens (tertiary/aromatic N) is 2. The third-order valence-electron chi connectivity index (χ3n) is 2.64. The van der Waals surface area contributed by atoms with Crippen LogP contribution in [0, 0.1) is 0 Å². The molecule has 1 aromatic rings. The fraction of sp³-hybridized carbons (Fsp3) is 0.636. The number of aliphatic hydroxyl groups is 1. The molecule has 6 heteroatoms. The lowest BCUT2D eigenvalue weighted by Crippen LogP contribution is -2.27. The number of halogens is 1. The van der Waals surface area contributed by atoms with Crippen molar-refractivity contribution in [2.45, 2.75) is 39.3 Å². The highest BCUT2D eigenvalue weighted by Gasteiger charge is 2.11. The summed E-state index contributed by atoms with van der Waals surface area (Å²) in [6, 6.07) is 0.334. The van der Waals surface area contributed by atoms with Crippen LogP contribution in [0.25, 0.3) is 0 Å². The standard InChI is InChI=1S/C11H18BrN3O2/c1-3-8(4-2)14-9-7-13-15(5-6-16)11(17)10(9)12/h7-8,14,16H,3-6H2,1-2H3. The molecule has 0 aliphatic carbocycles. The van der Waals surface area contributed by atoms with Crippen LogP contribution in [0.1, 0.15) is 26.7 Å². The van der Waals surface area contributed by atoms with Crippen molar-refractivity contribution in [3.63, 3.8) is 0 Å². The molecule has 0 amide bonds. The first-order valence-electron chi connectivity index (χ1n) is 5.77. The molecule has 0 fully saturated rings. The van der Waals surface area contributed by atoms with Crippen LogP contribution in [0.15, 0.2) is 15.5 Å². The van der Waals surface area contributed by atoms with E-state index < -0.39 is 0 Å². The topological polar surface area (TPSA) is 67.2 Å². The van der Waals surface area contributed by atoms with E-state index >= 15 is 0 Å². The zero-order valence-corrected chi connectivity index (χ0v) is 11.7. The van der Waals surface area contributed by atoms with Crippen molar-refractivity contribution in [3.05, 3.63) is 21.0 Å².